The number of allylic oxidation sites excluding steroid dienone is 6. The number of thiophene rings is 4. The number of nitriles is 4. The molecule has 94 heavy (non-hydrogen) atoms. The van der Waals surface area contributed by atoms with Crippen LogP contribution < -0.4 is 9.47 Å². The average Bonchev–Trinajstić information content (AvgIpc) is 1.52. The summed E-state index contributed by atoms with van der Waals surface area (Å²) >= 11 is 20.1. The summed E-state index contributed by atoms with van der Waals surface area (Å²) in [5, 5.41) is 46.1. The number of carbonyl (C=O) groups is 2. The zero-order chi connectivity index (χ0) is 66.0. The van der Waals surface area contributed by atoms with Crippen LogP contribution in [-0.2, 0) is 10.8 Å². The maximum absolute atomic E-state index is 14.6. The van der Waals surface area contributed by atoms with Gasteiger partial charge in [-0.25, -0.2) is 0 Å². The molecule has 14 heteroatoms. The van der Waals surface area contributed by atoms with Crippen LogP contribution in [0.3, 0.4) is 0 Å². The smallest absolute Gasteiger partial charge is 0.194 e. The first-order chi connectivity index (χ1) is 45.8. The number of halogens is 2. The molecular weight excluding hydrogens is 1280 g/mol. The lowest BCUT2D eigenvalue weighted by atomic mass is 9.70. The highest BCUT2D eigenvalue weighted by atomic mass is 35.5. The van der Waals surface area contributed by atoms with E-state index in [9.17, 15) is 30.6 Å². The van der Waals surface area contributed by atoms with Crippen molar-refractivity contribution in [3.8, 4) is 55.3 Å². The molecule has 0 saturated heterocycles. The number of rotatable bonds is 28. The second-order valence-corrected chi connectivity index (χ2v) is 31.1. The van der Waals surface area contributed by atoms with Gasteiger partial charge in [-0.05, 0) is 108 Å². The van der Waals surface area contributed by atoms with E-state index in [0.717, 1.165) is 138 Å². The Morgan fingerprint density at radius 2 is 0.936 bits per heavy atom. The molecule has 0 amide bonds. The molecule has 0 bridgehead atoms. The molecule has 0 radical (unpaired) electrons. The Morgan fingerprint density at radius 1 is 0.489 bits per heavy atom. The van der Waals surface area contributed by atoms with Gasteiger partial charge in [-0.3, -0.25) is 9.59 Å². The van der Waals surface area contributed by atoms with E-state index in [0.29, 0.717) is 40.0 Å². The maximum Gasteiger partial charge on any atom is 0.194 e. The Hall–Kier alpha value is -7.10. The molecule has 1 unspecified atom stereocenters. The largest absolute Gasteiger partial charge is 0.495 e. The number of methoxy groups -OCH3 is 1. The summed E-state index contributed by atoms with van der Waals surface area (Å²) in [6, 6.07) is 28.3. The van der Waals surface area contributed by atoms with Crippen LogP contribution in [0.15, 0.2) is 83.0 Å². The highest BCUT2D eigenvalue weighted by Crippen LogP contribution is 2.66. The molecule has 0 saturated carbocycles. The van der Waals surface area contributed by atoms with Gasteiger partial charge in [0.2, 0.25) is 0 Å². The molecule has 4 aliphatic carbocycles. The van der Waals surface area contributed by atoms with Crippen molar-refractivity contribution in [2.24, 2.45) is 0 Å². The van der Waals surface area contributed by atoms with Gasteiger partial charge in [-0.1, -0.05) is 204 Å². The molecule has 4 aromatic heterocycles. The number of hydrogen-bond acceptors (Lipinski definition) is 12. The van der Waals surface area contributed by atoms with E-state index in [1.807, 2.05) is 60.1 Å². The van der Waals surface area contributed by atoms with Crippen LogP contribution in [0.2, 0.25) is 10.0 Å². The number of fused-ring (bicyclic) bond motifs is 13. The predicted molar refractivity (Wildman–Crippen MR) is 393 cm³/mol. The quantitative estimate of drug-likeness (QED) is 0.0267. The van der Waals surface area contributed by atoms with E-state index in [4.69, 9.17) is 32.7 Å². The molecular formula is C80H78Cl2N4O4S4. The number of carbonyl (C=O) groups excluding carboxylic acids is 2. The first-order valence-corrected chi connectivity index (χ1v) is 38.0. The van der Waals surface area contributed by atoms with Gasteiger partial charge >= 0.3 is 0 Å². The molecule has 0 fully saturated rings. The van der Waals surface area contributed by atoms with Crippen molar-refractivity contribution in [2.75, 3.05) is 13.7 Å². The van der Waals surface area contributed by atoms with Gasteiger partial charge in [0.1, 0.15) is 46.9 Å². The minimum absolute atomic E-state index is 0.0677. The summed E-state index contributed by atoms with van der Waals surface area (Å²) in [7, 11) is 1.82. The number of Topliss-reactive ketones (excluding diaryl/α,β-unsaturated/α-hetero) is 2. The molecule has 1 atom stereocenters. The van der Waals surface area contributed by atoms with Gasteiger partial charge < -0.3 is 9.47 Å². The minimum Gasteiger partial charge on any atom is -0.495 e. The monoisotopic (exact) mass is 1360 g/mol. The highest BCUT2D eigenvalue weighted by Gasteiger charge is 2.49. The van der Waals surface area contributed by atoms with E-state index in [1.54, 1.807) is 40.9 Å². The van der Waals surface area contributed by atoms with Crippen LogP contribution in [0, 0.1) is 45.3 Å². The number of hydrogen-bond donors (Lipinski definition) is 0. The second-order valence-electron chi connectivity index (χ2n) is 26.1. The van der Waals surface area contributed by atoms with E-state index in [2.05, 4.69) is 83.2 Å². The van der Waals surface area contributed by atoms with Crippen molar-refractivity contribution in [1.29, 1.82) is 21.0 Å². The summed E-state index contributed by atoms with van der Waals surface area (Å²) in [5.41, 5.74) is 7.44. The first kappa shape index (κ1) is 66.9. The number of ketones is 2. The fourth-order valence-electron chi connectivity index (χ4n) is 15.5. The molecule has 0 spiro atoms. The van der Waals surface area contributed by atoms with Crippen molar-refractivity contribution < 1.29 is 19.1 Å². The Labute approximate surface area is 579 Å². The number of benzene rings is 4. The molecule has 8 nitrogen and oxygen atoms in total. The molecule has 0 aliphatic heterocycles. The van der Waals surface area contributed by atoms with Gasteiger partial charge in [0.05, 0.1) is 42.9 Å². The maximum atomic E-state index is 14.6. The van der Waals surface area contributed by atoms with Crippen LogP contribution in [0.4, 0.5) is 0 Å². The highest BCUT2D eigenvalue weighted by molar-refractivity contribution is 7.28. The first-order valence-electron chi connectivity index (χ1n) is 34.0. The van der Waals surface area contributed by atoms with Gasteiger partial charge in [-0.15, -0.1) is 45.3 Å². The Morgan fingerprint density at radius 3 is 1.51 bits per heavy atom. The lowest BCUT2D eigenvalue weighted by molar-refractivity contribution is 0.103. The third-order valence-electron chi connectivity index (χ3n) is 20.2. The molecule has 480 valence electrons. The van der Waals surface area contributed by atoms with E-state index in [1.165, 1.54) is 104 Å². The third kappa shape index (κ3) is 11.7. The summed E-state index contributed by atoms with van der Waals surface area (Å²) in [6.07, 6.45) is 29.3. The van der Waals surface area contributed by atoms with Crippen LogP contribution in [0.1, 0.15) is 246 Å². The number of nitrogens with zero attached hydrogens (tertiary/aromatic N) is 4. The summed E-state index contributed by atoms with van der Waals surface area (Å²) in [4.78, 5) is 35.6. The predicted octanol–water partition coefficient (Wildman–Crippen LogP) is 24.9. The lowest BCUT2D eigenvalue weighted by Crippen LogP contribution is -2.25. The molecule has 4 heterocycles. The Balaban J connectivity index is 1.08. The lowest BCUT2D eigenvalue weighted by Gasteiger charge is -2.32. The van der Waals surface area contributed by atoms with Crippen LogP contribution in [0.5, 0.6) is 11.5 Å². The van der Waals surface area contributed by atoms with Crippen molar-refractivity contribution in [2.45, 2.75) is 193 Å². The van der Waals surface area contributed by atoms with Gasteiger partial charge in [0, 0.05) is 85.3 Å². The Bertz CT molecular complexity index is 4640. The van der Waals surface area contributed by atoms with Gasteiger partial charge in [0.15, 0.2) is 11.6 Å². The zero-order valence-electron chi connectivity index (χ0n) is 54.7. The second kappa shape index (κ2) is 28.7. The number of ether oxygens (including phenoxy) is 2. The van der Waals surface area contributed by atoms with Gasteiger partial charge in [0.25, 0.3) is 0 Å². The molecule has 4 aliphatic rings. The van der Waals surface area contributed by atoms with E-state index < -0.39 is 5.41 Å². The SMILES string of the molecule is CCCCCCCCOc1c2cc3c4c(sc3c(OC)c2cc2c3c(sc12)-c1sc(/C=C2\C(=O)c5ccccc5C2=C(C#N)C#N)cc1C3(C)CCCCCCCC)-c1sc(/C=C2\C(=O)c3cc(Cl)c(Cl)cc3C2=C(C#N)C#N)cc1C4(CCCCCC)CCCCCC. The minimum atomic E-state index is -0.399. The fraction of sp³-hybridized carbons (Fsp3) is 0.400. The molecule has 0 N–H and O–H groups in total. The van der Waals surface area contributed by atoms with Crippen molar-refractivity contribution in [3.05, 3.63) is 147 Å². The van der Waals surface area contributed by atoms with E-state index in [-0.39, 0.29) is 49.3 Å². The number of unbranched alkanes of at least 4 members (excludes halogenated alkanes) is 16. The third-order valence-corrected chi connectivity index (χ3v) is 25.8. The average molecular weight is 1360 g/mol. The van der Waals surface area contributed by atoms with Crippen molar-refractivity contribution in [3.63, 3.8) is 0 Å². The molecule has 8 aromatic rings. The van der Waals surface area contributed by atoms with Crippen molar-refractivity contribution >= 4 is 134 Å². The van der Waals surface area contributed by atoms with Gasteiger partial charge in [-0.2, -0.15) is 21.0 Å². The fourth-order valence-corrected chi connectivity index (χ4v) is 21.4. The van der Waals surface area contributed by atoms with Crippen LogP contribution >= 0.6 is 68.5 Å². The standard InChI is InChI=1S/C80H78Cl2N4O4S4/c1-7-11-15-19-21-25-31-79(5)61-37-49(35-57-65(47(43-83)44-84)51-29-23-24-30-52(51)69(57)87)91-75(61)77-67(79)59-39-55-56(72(74(59)94-77)90-34-28-22-20-16-12-8-2)40-60-68-78(93-73(60)71(55)89-6)76-62(80(68,32-26-17-13-9-3)33-27-18-14-10-4)38-50(92-76)36-58-66(48(45-85)46-86)53-41-63(81)64(82)42-54(53)70(58)88/h23-24,29-30,35-42H,7-22,25-28,31-34H2,1-6H3/b57-35-,58-36-. The van der Waals surface area contributed by atoms with Crippen LogP contribution in [0.25, 0.3) is 73.8 Å². The summed E-state index contributed by atoms with van der Waals surface area (Å²) < 4.78 is 16.5. The molecule has 4 aromatic carbocycles. The molecule has 12 rings (SSSR count). The van der Waals surface area contributed by atoms with Crippen molar-refractivity contribution in [1.82, 2.24) is 0 Å². The topological polar surface area (TPSA) is 148 Å². The van der Waals surface area contributed by atoms with Crippen LogP contribution in [-0.4, -0.2) is 25.3 Å². The zero-order valence-corrected chi connectivity index (χ0v) is 59.5. The summed E-state index contributed by atoms with van der Waals surface area (Å²) in [6.45, 7) is 12.0. The van der Waals surface area contributed by atoms with E-state index >= 15 is 0 Å². The summed E-state index contributed by atoms with van der Waals surface area (Å²) in [5.74, 6) is 1.26. The normalized spacial score (nSPS) is 16.4. The Kier molecular flexibility index (Phi) is 20.4.